The minimum atomic E-state index is -3.87. The first kappa shape index (κ1) is 31.4. The van der Waals surface area contributed by atoms with E-state index in [1.165, 1.54) is 38.5 Å². The summed E-state index contributed by atoms with van der Waals surface area (Å²) < 4.78 is 60.0. The van der Waals surface area contributed by atoms with Crippen LogP contribution in [0.2, 0.25) is 0 Å². The van der Waals surface area contributed by atoms with Crippen molar-refractivity contribution >= 4 is 39.0 Å². The summed E-state index contributed by atoms with van der Waals surface area (Å²) in [7, 11) is 3.68. The number of nitro groups is 1. The number of thioether (sulfide) groups is 2. The van der Waals surface area contributed by atoms with Crippen LogP contribution in [0.5, 0.6) is 34.5 Å². The lowest BCUT2D eigenvalue weighted by molar-refractivity contribution is -0.384. The number of methoxy groups -OCH3 is 5. The lowest BCUT2D eigenvalue weighted by Gasteiger charge is -2.19. The van der Waals surface area contributed by atoms with Gasteiger partial charge in [0.2, 0.25) is 5.75 Å². The van der Waals surface area contributed by atoms with Crippen molar-refractivity contribution in [1.82, 2.24) is 0 Å². The highest BCUT2D eigenvalue weighted by Crippen LogP contribution is 2.58. The van der Waals surface area contributed by atoms with E-state index in [4.69, 9.17) is 28.4 Å². The van der Waals surface area contributed by atoms with E-state index in [-0.39, 0.29) is 38.5 Å². The number of hydrogen-bond donors (Lipinski definition) is 0. The zero-order valence-corrected chi connectivity index (χ0v) is 26.1. The largest absolute Gasteiger partial charge is 0.493 e. The Bertz CT molecular complexity index is 1500. The number of ether oxygens (including phenoxy) is 6. The van der Waals surface area contributed by atoms with E-state index < -0.39 is 14.8 Å². The number of sulfone groups is 1. The van der Waals surface area contributed by atoms with Crippen LogP contribution in [0, 0.1) is 10.1 Å². The van der Waals surface area contributed by atoms with Gasteiger partial charge < -0.3 is 28.4 Å². The van der Waals surface area contributed by atoms with Gasteiger partial charge in [0.05, 0.1) is 50.8 Å². The summed E-state index contributed by atoms with van der Waals surface area (Å²) in [5.74, 6) is 2.83. The average molecular weight is 638 g/mol. The van der Waals surface area contributed by atoms with Crippen LogP contribution in [0.25, 0.3) is 0 Å². The topological polar surface area (TPSA) is 133 Å². The van der Waals surface area contributed by atoms with Crippen molar-refractivity contribution in [2.24, 2.45) is 0 Å². The second kappa shape index (κ2) is 13.7. The van der Waals surface area contributed by atoms with Crippen LogP contribution in [0.15, 0.2) is 53.4 Å². The molecule has 0 bridgehead atoms. The maximum absolute atomic E-state index is 13.5. The van der Waals surface area contributed by atoms with Crippen molar-refractivity contribution in [3.05, 3.63) is 69.8 Å². The average Bonchev–Trinajstić information content (AvgIpc) is 3.50. The highest BCUT2D eigenvalue weighted by atomic mass is 32.2. The van der Waals surface area contributed by atoms with Crippen LogP contribution in [0.4, 0.5) is 5.69 Å². The van der Waals surface area contributed by atoms with E-state index in [1.54, 1.807) is 57.0 Å². The molecule has 0 saturated carbocycles. The maximum Gasteiger partial charge on any atom is 0.269 e. The summed E-state index contributed by atoms with van der Waals surface area (Å²) in [6.45, 7) is -0.161. The lowest BCUT2D eigenvalue weighted by atomic mass is 10.1. The standard InChI is InChI=1S/C28H31NO10S3/c1-34-21-12-17(13-22(35-2)26(21)37-4)24-16-40-28(41-24)18-14-23(36-3)27(38-5)25(15-18)42(32,33)11-10-39-20-8-6-19(7-9-20)29(30)31/h6-9,12-15,24,28H,10-11,16H2,1-5H3. The lowest BCUT2D eigenvalue weighted by Crippen LogP contribution is -2.16. The first-order valence-electron chi connectivity index (χ1n) is 12.6. The Balaban J connectivity index is 1.56. The molecule has 0 aromatic heterocycles. The minimum Gasteiger partial charge on any atom is -0.493 e. The van der Waals surface area contributed by atoms with Gasteiger partial charge in [0.25, 0.3) is 5.69 Å². The molecule has 14 heteroatoms. The fourth-order valence-corrected chi connectivity index (χ4v) is 8.96. The van der Waals surface area contributed by atoms with Gasteiger partial charge in [-0.05, 0) is 47.5 Å². The molecular formula is C28H31NO10S3. The van der Waals surface area contributed by atoms with Crippen LogP contribution in [-0.4, -0.2) is 67.0 Å². The molecule has 1 fully saturated rings. The monoisotopic (exact) mass is 637 g/mol. The number of rotatable bonds is 13. The Morgan fingerprint density at radius 1 is 0.833 bits per heavy atom. The molecule has 0 amide bonds. The van der Waals surface area contributed by atoms with Crippen molar-refractivity contribution in [3.8, 4) is 34.5 Å². The first-order chi connectivity index (χ1) is 20.1. The third-order valence-corrected chi connectivity index (χ3v) is 11.5. The smallest absolute Gasteiger partial charge is 0.269 e. The van der Waals surface area contributed by atoms with Crippen molar-refractivity contribution in [3.63, 3.8) is 0 Å². The zero-order valence-electron chi connectivity index (χ0n) is 23.6. The van der Waals surface area contributed by atoms with Gasteiger partial charge in [0.1, 0.15) is 17.3 Å². The van der Waals surface area contributed by atoms with Crippen LogP contribution < -0.4 is 28.4 Å². The molecular weight excluding hydrogens is 607 g/mol. The molecule has 0 radical (unpaired) electrons. The summed E-state index contributed by atoms with van der Waals surface area (Å²) in [6.07, 6.45) is 0. The fourth-order valence-electron chi connectivity index (χ4n) is 4.40. The molecule has 11 nitrogen and oxygen atoms in total. The number of hydrogen-bond acceptors (Lipinski definition) is 12. The summed E-state index contributed by atoms with van der Waals surface area (Å²) in [5, 5.41) is 10.9. The SMILES string of the molecule is COc1cc(C2CSC(c3cc(OC)c(OC)c(S(=O)(=O)CCOc4ccc([N+](=O)[O-])cc4)c3)S2)cc(OC)c1OC. The predicted octanol–water partition coefficient (Wildman–Crippen LogP) is 5.71. The summed E-state index contributed by atoms with van der Waals surface area (Å²) in [5.41, 5.74) is 1.69. The van der Waals surface area contributed by atoms with E-state index in [1.807, 2.05) is 12.1 Å². The fraction of sp³-hybridized carbons (Fsp3) is 0.357. The van der Waals surface area contributed by atoms with Gasteiger partial charge in [-0.3, -0.25) is 10.1 Å². The molecule has 1 heterocycles. The first-order valence-corrected chi connectivity index (χ1v) is 16.2. The van der Waals surface area contributed by atoms with Gasteiger partial charge in [-0.15, -0.1) is 23.5 Å². The van der Waals surface area contributed by atoms with Crippen molar-refractivity contribution < 1.29 is 41.8 Å². The molecule has 42 heavy (non-hydrogen) atoms. The van der Waals surface area contributed by atoms with Gasteiger partial charge in [-0.1, -0.05) is 0 Å². The summed E-state index contributed by atoms with van der Waals surface area (Å²) in [6, 6.07) is 12.7. The molecule has 1 aliphatic rings. The Hall–Kier alpha value is -3.49. The van der Waals surface area contributed by atoms with Crippen molar-refractivity contribution in [2.75, 3.05) is 53.7 Å². The molecule has 0 N–H and O–H groups in total. The van der Waals surface area contributed by atoms with Crippen LogP contribution >= 0.6 is 23.5 Å². The molecule has 0 spiro atoms. The second-order valence-corrected chi connectivity index (χ2v) is 13.7. The molecule has 2 unspecified atom stereocenters. The third kappa shape index (κ3) is 6.76. The molecule has 1 aliphatic heterocycles. The van der Waals surface area contributed by atoms with E-state index in [9.17, 15) is 18.5 Å². The number of non-ortho nitro benzene ring substituents is 1. The van der Waals surface area contributed by atoms with Crippen LogP contribution in [0.1, 0.15) is 21.0 Å². The van der Waals surface area contributed by atoms with Gasteiger partial charge in [0.15, 0.2) is 32.8 Å². The highest BCUT2D eigenvalue weighted by Gasteiger charge is 2.33. The van der Waals surface area contributed by atoms with E-state index in [0.29, 0.717) is 28.7 Å². The van der Waals surface area contributed by atoms with E-state index in [2.05, 4.69) is 0 Å². The minimum absolute atomic E-state index is 0.00378. The van der Waals surface area contributed by atoms with E-state index in [0.717, 1.165) is 16.9 Å². The Morgan fingerprint density at radius 2 is 1.40 bits per heavy atom. The Kier molecular flexibility index (Phi) is 10.2. The van der Waals surface area contributed by atoms with Gasteiger partial charge in [0, 0.05) is 23.1 Å². The second-order valence-electron chi connectivity index (χ2n) is 8.92. The van der Waals surface area contributed by atoms with Crippen LogP contribution in [-0.2, 0) is 9.84 Å². The molecule has 2 atom stereocenters. The van der Waals surface area contributed by atoms with Crippen LogP contribution in [0.3, 0.4) is 0 Å². The Labute approximate surface area is 252 Å². The van der Waals surface area contributed by atoms with Crippen molar-refractivity contribution in [1.29, 1.82) is 0 Å². The molecule has 0 aliphatic carbocycles. The Morgan fingerprint density at radius 3 is 1.95 bits per heavy atom. The summed E-state index contributed by atoms with van der Waals surface area (Å²) in [4.78, 5) is 10.3. The molecule has 226 valence electrons. The van der Waals surface area contributed by atoms with Gasteiger partial charge in [-0.2, -0.15) is 0 Å². The predicted molar refractivity (Wildman–Crippen MR) is 162 cm³/mol. The number of nitrogens with zero attached hydrogens (tertiary/aromatic N) is 1. The molecule has 3 aromatic carbocycles. The maximum atomic E-state index is 13.5. The normalized spacial score (nSPS) is 16.5. The highest BCUT2D eigenvalue weighted by molar-refractivity contribution is 8.19. The number of benzene rings is 3. The number of nitro benzene ring substituents is 1. The van der Waals surface area contributed by atoms with Crippen molar-refractivity contribution in [2.45, 2.75) is 14.7 Å². The molecule has 1 saturated heterocycles. The quantitative estimate of drug-likeness (QED) is 0.168. The molecule has 3 aromatic rings. The zero-order chi connectivity index (χ0) is 30.4. The third-order valence-electron chi connectivity index (χ3n) is 6.49. The summed E-state index contributed by atoms with van der Waals surface area (Å²) >= 11 is 3.38. The van der Waals surface area contributed by atoms with Gasteiger partial charge in [-0.25, -0.2) is 8.42 Å². The van der Waals surface area contributed by atoms with E-state index >= 15 is 0 Å². The van der Waals surface area contributed by atoms with Gasteiger partial charge >= 0.3 is 0 Å². The molecule has 4 rings (SSSR count).